The number of amides is 1. The normalized spacial score (nSPS) is 26.5. The minimum absolute atomic E-state index is 0.356. The lowest BCUT2D eigenvalue weighted by atomic mass is 10.0. The molecule has 0 aromatic heterocycles. The van der Waals surface area contributed by atoms with Gasteiger partial charge in [0, 0.05) is 45.2 Å². The van der Waals surface area contributed by atoms with E-state index in [9.17, 15) is 4.79 Å². The second-order valence-electron chi connectivity index (χ2n) is 6.53. The Morgan fingerprint density at radius 2 is 2.18 bits per heavy atom. The Kier molecular flexibility index (Phi) is 7.63. The van der Waals surface area contributed by atoms with Crippen LogP contribution in [0.3, 0.4) is 0 Å². The van der Waals surface area contributed by atoms with E-state index >= 15 is 0 Å². The number of rotatable bonds is 8. The van der Waals surface area contributed by atoms with E-state index in [1.54, 1.807) is 0 Å². The number of ether oxygens (including phenoxy) is 1. The predicted octanol–water partition coefficient (Wildman–Crippen LogP) is 1.34. The van der Waals surface area contributed by atoms with Crippen LogP contribution in [-0.4, -0.2) is 74.2 Å². The van der Waals surface area contributed by atoms with Crippen LogP contribution in [0.4, 0.5) is 0 Å². The van der Waals surface area contributed by atoms with E-state index in [1.165, 1.54) is 6.42 Å². The molecule has 2 aliphatic rings. The van der Waals surface area contributed by atoms with Gasteiger partial charge in [0.1, 0.15) is 0 Å². The van der Waals surface area contributed by atoms with Gasteiger partial charge in [-0.3, -0.25) is 9.69 Å². The van der Waals surface area contributed by atoms with Crippen molar-refractivity contribution < 1.29 is 9.53 Å². The Morgan fingerprint density at radius 3 is 2.86 bits per heavy atom. The molecule has 128 valence electrons. The molecular weight excluding hydrogens is 278 g/mol. The zero-order valence-corrected chi connectivity index (χ0v) is 14.4. The highest BCUT2D eigenvalue weighted by molar-refractivity contribution is 5.76. The lowest BCUT2D eigenvalue weighted by Gasteiger charge is -2.41. The summed E-state index contributed by atoms with van der Waals surface area (Å²) in [5.41, 5.74) is 0. The number of carbonyl (C=O) groups is 1. The summed E-state index contributed by atoms with van der Waals surface area (Å²) >= 11 is 0. The van der Waals surface area contributed by atoms with Crippen LogP contribution in [0.15, 0.2) is 0 Å². The Labute approximate surface area is 135 Å². The van der Waals surface area contributed by atoms with Crippen LogP contribution >= 0.6 is 0 Å². The van der Waals surface area contributed by atoms with Crippen molar-refractivity contribution in [3.8, 4) is 0 Å². The van der Waals surface area contributed by atoms with E-state index in [1.807, 2.05) is 6.92 Å². The average molecular weight is 311 g/mol. The van der Waals surface area contributed by atoms with Crippen LogP contribution in [0.2, 0.25) is 0 Å². The molecule has 2 heterocycles. The summed E-state index contributed by atoms with van der Waals surface area (Å²) in [6.45, 7) is 11.8. The van der Waals surface area contributed by atoms with Gasteiger partial charge in [0.05, 0.1) is 6.61 Å². The number of piperazine rings is 1. The van der Waals surface area contributed by atoms with Gasteiger partial charge in [0.2, 0.25) is 5.91 Å². The maximum absolute atomic E-state index is 12.4. The monoisotopic (exact) mass is 311 g/mol. The molecule has 2 atom stereocenters. The smallest absolute Gasteiger partial charge is 0.222 e. The third-order valence-corrected chi connectivity index (χ3v) is 5.08. The van der Waals surface area contributed by atoms with Gasteiger partial charge in [0.25, 0.3) is 0 Å². The fourth-order valence-corrected chi connectivity index (χ4v) is 3.57. The van der Waals surface area contributed by atoms with Crippen LogP contribution in [0.5, 0.6) is 0 Å². The molecule has 0 radical (unpaired) electrons. The van der Waals surface area contributed by atoms with E-state index < -0.39 is 0 Å². The van der Waals surface area contributed by atoms with Crippen LogP contribution < -0.4 is 5.32 Å². The first kappa shape index (κ1) is 17.7. The van der Waals surface area contributed by atoms with Gasteiger partial charge in [-0.05, 0) is 45.2 Å². The summed E-state index contributed by atoms with van der Waals surface area (Å²) in [5, 5.41) is 3.38. The molecular formula is C17H33N3O2. The lowest BCUT2D eigenvalue weighted by molar-refractivity contribution is -0.134. The summed E-state index contributed by atoms with van der Waals surface area (Å²) in [5.74, 6) is 1.06. The van der Waals surface area contributed by atoms with E-state index in [4.69, 9.17) is 4.74 Å². The first-order valence-corrected chi connectivity index (χ1v) is 9.04. The maximum Gasteiger partial charge on any atom is 0.222 e. The summed E-state index contributed by atoms with van der Waals surface area (Å²) in [6.07, 6.45) is 4.10. The minimum Gasteiger partial charge on any atom is -0.380 e. The molecule has 1 N–H and O–H groups in total. The first-order chi connectivity index (χ1) is 10.7. The molecule has 0 saturated carbocycles. The van der Waals surface area contributed by atoms with E-state index in [0.717, 1.165) is 71.7 Å². The van der Waals surface area contributed by atoms with Gasteiger partial charge in [-0.15, -0.1) is 0 Å². The molecule has 5 heteroatoms. The third kappa shape index (κ3) is 5.21. The summed E-state index contributed by atoms with van der Waals surface area (Å²) < 4.78 is 5.47. The quantitative estimate of drug-likeness (QED) is 0.687. The molecule has 0 spiro atoms. The van der Waals surface area contributed by atoms with Crippen molar-refractivity contribution in [2.24, 2.45) is 5.92 Å². The lowest BCUT2D eigenvalue weighted by Crippen LogP contribution is -2.55. The Hall–Kier alpha value is -0.650. The second kappa shape index (κ2) is 9.48. The van der Waals surface area contributed by atoms with Crippen LogP contribution in [0.25, 0.3) is 0 Å². The molecule has 0 bridgehead atoms. The number of nitrogens with one attached hydrogen (secondary N) is 1. The minimum atomic E-state index is 0.356. The van der Waals surface area contributed by atoms with E-state index in [2.05, 4.69) is 22.0 Å². The maximum atomic E-state index is 12.4. The number of carbonyl (C=O) groups excluding carboxylic acids is 1. The molecule has 0 aromatic rings. The topological polar surface area (TPSA) is 44.8 Å². The predicted molar refractivity (Wildman–Crippen MR) is 88.9 cm³/mol. The van der Waals surface area contributed by atoms with Crippen LogP contribution in [0, 0.1) is 5.92 Å². The molecule has 2 saturated heterocycles. The molecule has 0 aliphatic carbocycles. The van der Waals surface area contributed by atoms with Crippen molar-refractivity contribution in [2.45, 2.75) is 45.6 Å². The zero-order chi connectivity index (χ0) is 15.8. The standard InChI is InChI=1S/C17H33N3O2/c1-3-16-14-20(10-9-19(16)11-12-22-4-2)17(21)6-5-15-7-8-18-13-15/h15-16,18H,3-14H2,1-2H3. The highest BCUT2D eigenvalue weighted by atomic mass is 16.5. The molecule has 2 fully saturated rings. The average Bonchev–Trinajstić information content (AvgIpc) is 3.06. The van der Waals surface area contributed by atoms with Gasteiger partial charge in [-0.1, -0.05) is 6.92 Å². The molecule has 22 heavy (non-hydrogen) atoms. The first-order valence-electron chi connectivity index (χ1n) is 9.04. The highest BCUT2D eigenvalue weighted by Crippen LogP contribution is 2.18. The third-order valence-electron chi connectivity index (χ3n) is 5.08. The molecule has 0 aromatic carbocycles. The molecule has 2 aliphatic heterocycles. The van der Waals surface area contributed by atoms with E-state index in [-0.39, 0.29) is 0 Å². The van der Waals surface area contributed by atoms with Crippen molar-refractivity contribution in [1.82, 2.24) is 15.1 Å². The van der Waals surface area contributed by atoms with Crippen molar-refractivity contribution in [1.29, 1.82) is 0 Å². The Bertz CT molecular complexity index is 332. The van der Waals surface area contributed by atoms with Crippen molar-refractivity contribution in [3.05, 3.63) is 0 Å². The fraction of sp³-hybridized carbons (Fsp3) is 0.941. The summed E-state index contributed by atoms with van der Waals surface area (Å²) in [7, 11) is 0. The Balaban J connectivity index is 1.72. The largest absolute Gasteiger partial charge is 0.380 e. The van der Waals surface area contributed by atoms with Gasteiger partial charge in [-0.2, -0.15) is 0 Å². The van der Waals surface area contributed by atoms with Gasteiger partial charge in [0.15, 0.2) is 0 Å². The van der Waals surface area contributed by atoms with Gasteiger partial charge in [-0.25, -0.2) is 0 Å². The van der Waals surface area contributed by atoms with Crippen molar-refractivity contribution in [3.63, 3.8) is 0 Å². The fourth-order valence-electron chi connectivity index (χ4n) is 3.57. The molecule has 5 nitrogen and oxygen atoms in total. The number of nitrogens with zero attached hydrogens (tertiary/aromatic N) is 2. The Morgan fingerprint density at radius 1 is 1.32 bits per heavy atom. The molecule has 2 unspecified atom stereocenters. The molecule has 2 rings (SSSR count). The van der Waals surface area contributed by atoms with Crippen LogP contribution in [0.1, 0.15) is 39.5 Å². The zero-order valence-electron chi connectivity index (χ0n) is 14.4. The van der Waals surface area contributed by atoms with Crippen molar-refractivity contribution >= 4 is 5.91 Å². The number of hydrogen-bond acceptors (Lipinski definition) is 4. The SMILES string of the molecule is CCOCCN1CCN(C(=O)CCC2CCNC2)CC1CC. The summed E-state index contributed by atoms with van der Waals surface area (Å²) in [6, 6.07) is 0.492. The van der Waals surface area contributed by atoms with Gasteiger partial charge >= 0.3 is 0 Å². The van der Waals surface area contributed by atoms with Crippen molar-refractivity contribution in [2.75, 3.05) is 52.5 Å². The number of hydrogen-bond donors (Lipinski definition) is 1. The van der Waals surface area contributed by atoms with Gasteiger partial charge < -0.3 is 15.0 Å². The second-order valence-corrected chi connectivity index (χ2v) is 6.53. The van der Waals surface area contributed by atoms with E-state index in [0.29, 0.717) is 17.9 Å². The summed E-state index contributed by atoms with van der Waals surface area (Å²) in [4.78, 5) is 17.0. The highest BCUT2D eigenvalue weighted by Gasteiger charge is 2.28. The van der Waals surface area contributed by atoms with Crippen LogP contribution in [-0.2, 0) is 9.53 Å². The molecule has 1 amide bonds.